The van der Waals surface area contributed by atoms with E-state index in [1.165, 1.54) is 16.7 Å². The fourth-order valence-electron chi connectivity index (χ4n) is 1.20. The molecular weight excluding hydrogens is 210 g/mol. The van der Waals surface area contributed by atoms with E-state index in [9.17, 15) is 4.79 Å². The first-order valence-corrected chi connectivity index (χ1v) is 6.39. The molecule has 0 saturated heterocycles. The molecule has 1 N–H and O–H groups in total. The fourth-order valence-corrected chi connectivity index (χ4v) is 1.69. The van der Waals surface area contributed by atoms with E-state index >= 15 is 0 Å². The van der Waals surface area contributed by atoms with Crippen molar-refractivity contribution in [3.05, 3.63) is 22.7 Å². The minimum absolute atomic E-state index is 0.0673. The summed E-state index contributed by atoms with van der Waals surface area (Å²) in [7, 11) is 1.73. The molecule has 1 aromatic heterocycles. The molecule has 1 heterocycles. The zero-order valence-corrected chi connectivity index (χ0v) is 10.0. The molecule has 0 atom stereocenters. The average Bonchev–Trinajstić information content (AvgIpc) is 2.24. The second-order valence-electron chi connectivity index (χ2n) is 3.32. The third kappa shape index (κ3) is 3.95. The van der Waals surface area contributed by atoms with Gasteiger partial charge < -0.3 is 9.88 Å². The molecule has 0 fully saturated rings. The number of nitrogens with one attached hydrogen (secondary N) is 1. The molecule has 0 aliphatic heterocycles. The van der Waals surface area contributed by atoms with Gasteiger partial charge in [0.1, 0.15) is 0 Å². The number of hydrogen-bond donors (Lipinski definition) is 1. The highest BCUT2D eigenvalue weighted by molar-refractivity contribution is 7.98. The number of rotatable bonds is 6. The lowest BCUT2D eigenvalue weighted by Gasteiger charge is -2.05. The molecule has 0 aliphatic carbocycles. The number of aromatic nitrogens is 2. The first kappa shape index (κ1) is 12.1. The summed E-state index contributed by atoms with van der Waals surface area (Å²) >= 11 is 1.84. The number of unbranched alkanes of at least 4 members (excludes halogenated alkanes) is 1. The summed E-state index contributed by atoms with van der Waals surface area (Å²) in [5, 5.41) is 3.06. The van der Waals surface area contributed by atoms with Crippen LogP contribution < -0.4 is 10.9 Å². The van der Waals surface area contributed by atoms with Crippen LogP contribution in [0, 0.1) is 0 Å². The van der Waals surface area contributed by atoms with E-state index in [0.717, 1.165) is 13.0 Å². The van der Waals surface area contributed by atoms with Crippen molar-refractivity contribution in [2.24, 2.45) is 7.05 Å². The molecule has 0 radical (unpaired) electrons. The summed E-state index contributed by atoms with van der Waals surface area (Å²) in [6.45, 7) is 0.812. The van der Waals surface area contributed by atoms with E-state index in [4.69, 9.17) is 0 Å². The van der Waals surface area contributed by atoms with Crippen molar-refractivity contribution in [2.75, 3.05) is 23.9 Å². The van der Waals surface area contributed by atoms with Crippen molar-refractivity contribution >= 4 is 17.6 Å². The Bertz CT molecular complexity index is 351. The molecule has 15 heavy (non-hydrogen) atoms. The van der Waals surface area contributed by atoms with E-state index in [1.807, 2.05) is 11.8 Å². The number of anilines is 1. The van der Waals surface area contributed by atoms with Crippen molar-refractivity contribution in [3.8, 4) is 0 Å². The van der Waals surface area contributed by atoms with Crippen LogP contribution in [0.15, 0.2) is 17.2 Å². The smallest absolute Gasteiger partial charge is 0.293 e. The molecule has 0 bridgehead atoms. The number of aryl methyl sites for hydroxylation is 1. The minimum Gasteiger partial charge on any atom is -0.365 e. The van der Waals surface area contributed by atoms with Gasteiger partial charge in [0.05, 0.1) is 0 Å². The van der Waals surface area contributed by atoms with Gasteiger partial charge in [-0.15, -0.1) is 0 Å². The zero-order chi connectivity index (χ0) is 11.1. The number of nitrogens with zero attached hydrogens (tertiary/aromatic N) is 2. The summed E-state index contributed by atoms with van der Waals surface area (Å²) < 4.78 is 1.53. The molecule has 84 valence electrons. The van der Waals surface area contributed by atoms with Crippen molar-refractivity contribution < 1.29 is 0 Å². The molecule has 0 saturated carbocycles. The molecular formula is C10H17N3OS. The molecule has 0 spiro atoms. The van der Waals surface area contributed by atoms with Crippen molar-refractivity contribution in [2.45, 2.75) is 12.8 Å². The van der Waals surface area contributed by atoms with Gasteiger partial charge in [0.2, 0.25) is 0 Å². The van der Waals surface area contributed by atoms with E-state index in [0.29, 0.717) is 5.82 Å². The van der Waals surface area contributed by atoms with Gasteiger partial charge in [0.15, 0.2) is 5.82 Å². The highest BCUT2D eigenvalue weighted by Gasteiger charge is 2.00. The van der Waals surface area contributed by atoms with Crippen LogP contribution in [-0.4, -0.2) is 28.1 Å². The second kappa shape index (κ2) is 6.50. The normalized spacial score (nSPS) is 10.3. The maximum atomic E-state index is 11.5. The largest absolute Gasteiger partial charge is 0.365 e. The van der Waals surface area contributed by atoms with Crippen LogP contribution in [0.3, 0.4) is 0 Å². The minimum atomic E-state index is -0.0673. The summed E-state index contributed by atoms with van der Waals surface area (Å²) in [5.41, 5.74) is -0.0673. The standard InChI is InChI=1S/C10H17N3OS/c1-13-7-6-12-9(10(13)14)11-5-3-4-8-15-2/h6-7H,3-5,8H2,1-2H3,(H,11,12). The predicted octanol–water partition coefficient (Wildman–Crippen LogP) is 1.34. The van der Waals surface area contributed by atoms with Crippen LogP contribution in [0.4, 0.5) is 5.82 Å². The first-order chi connectivity index (χ1) is 7.25. The Kier molecular flexibility index (Phi) is 5.25. The Morgan fingerprint density at radius 2 is 2.33 bits per heavy atom. The predicted molar refractivity (Wildman–Crippen MR) is 65.6 cm³/mol. The van der Waals surface area contributed by atoms with Crippen LogP contribution >= 0.6 is 11.8 Å². The molecule has 4 nitrogen and oxygen atoms in total. The van der Waals surface area contributed by atoms with E-state index < -0.39 is 0 Å². The number of thioether (sulfide) groups is 1. The Morgan fingerprint density at radius 1 is 1.53 bits per heavy atom. The van der Waals surface area contributed by atoms with Crippen LogP contribution in [0.1, 0.15) is 12.8 Å². The first-order valence-electron chi connectivity index (χ1n) is 5.00. The van der Waals surface area contributed by atoms with Crippen molar-refractivity contribution in [1.29, 1.82) is 0 Å². The van der Waals surface area contributed by atoms with Gasteiger partial charge in [-0.1, -0.05) is 0 Å². The summed E-state index contributed by atoms with van der Waals surface area (Å²) in [6.07, 6.45) is 7.62. The topological polar surface area (TPSA) is 46.9 Å². The van der Waals surface area contributed by atoms with Crippen LogP contribution in [0.2, 0.25) is 0 Å². The van der Waals surface area contributed by atoms with Crippen LogP contribution in [0.25, 0.3) is 0 Å². The fraction of sp³-hybridized carbons (Fsp3) is 0.600. The van der Waals surface area contributed by atoms with Crippen molar-refractivity contribution in [3.63, 3.8) is 0 Å². The summed E-state index contributed by atoms with van der Waals surface area (Å²) in [6, 6.07) is 0. The highest BCUT2D eigenvalue weighted by atomic mass is 32.2. The average molecular weight is 227 g/mol. The maximum Gasteiger partial charge on any atom is 0.293 e. The van der Waals surface area contributed by atoms with Gasteiger partial charge >= 0.3 is 0 Å². The van der Waals surface area contributed by atoms with Crippen LogP contribution in [-0.2, 0) is 7.05 Å². The lowest BCUT2D eigenvalue weighted by Crippen LogP contribution is -2.22. The maximum absolute atomic E-state index is 11.5. The van der Waals surface area contributed by atoms with E-state index in [1.54, 1.807) is 19.4 Å². The Labute approximate surface area is 94.1 Å². The SMILES string of the molecule is CSCCCCNc1nccn(C)c1=O. The van der Waals surface area contributed by atoms with Gasteiger partial charge in [-0.25, -0.2) is 4.98 Å². The molecule has 1 aromatic rings. The van der Waals surface area contributed by atoms with E-state index in [-0.39, 0.29) is 5.56 Å². The summed E-state index contributed by atoms with van der Waals surface area (Å²) in [4.78, 5) is 15.5. The van der Waals surface area contributed by atoms with Gasteiger partial charge in [0.25, 0.3) is 5.56 Å². The molecule has 5 heteroatoms. The van der Waals surface area contributed by atoms with Gasteiger partial charge in [-0.2, -0.15) is 11.8 Å². The molecule has 1 rings (SSSR count). The van der Waals surface area contributed by atoms with Gasteiger partial charge in [-0.3, -0.25) is 4.79 Å². The molecule has 0 aliphatic rings. The third-order valence-electron chi connectivity index (χ3n) is 2.08. The van der Waals surface area contributed by atoms with Gasteiger partial charge in [0, 0.05) is 26.0 Å². The second-order valence-corrected chi connectivity index (χ2v) is 4.30. The van der Waals surface area contributed by atoms with E-state index in [2.05, 4.69) is 16.6 Å². The summed E-state index contributed by atoms with van der Waals surface area (Å²) in [5.74, 6) is 1.62. The van der Waals surface area contributed by atoms with Crippen LogP contribution in [0.5, 0.6) is 0 Å². The Morgan fingerprint density at radius 3 is 3.07 bits per heavy atom. The molecule has 0 aromatic carbocycles. The molecule has 0 unspecified atom stereocenters. The third-order valence-corrected chi connectivity index (χ3v) is 2.78. The number of hydrogen-bond acceptors (Lipinski definition) is 4. The lowest BCUT2D eigenvalue weighted by atomic mass is 10.3. The van der Waals surface area contributed by atoms with Gasteiger partial charge in [-0.05, 0) is 24.9 Å². The Balaban J connectivity index is 2.38. The highest BCUT2D eigenvalue weighted by Crippen LogP contribution is 1.99. The Hall–Kier alpha value is -0.970. The monoisotopic (exact) mass is 227 g/mol. The van der Waals surface area contributed by atoms with Crippen molar-refractivity contribution in [1.82, 2.24) is 9.55 Å². The molecule has 0 amide bonds. The zero-order valence-electron chi connectivity index (χ0n) is 9.19. The lowest BCUT2D eigenvalue weighted by molar-refractivity contribution is 0.813. The quantitative estimate of drug-likeness (QED) is 0.745.